The second kappa shape index (κ2) is 8.45. The third kappa shape index (κ3) is 3.87. The van der Waals surface area contributed by atoms with Gasteiger partial charge in [0, 0.05) is 44.9 Å². The van der Waals surface area contributed by atoms with Gasteiger partial charge in [0.05, 0.1) is 11.6 Å². The van der Waals surface area contributed by atoms with E-state index in [0.29, 0.717) is 44.9 Å². The van der Waals surface area contributed by atoms with Crippen molar-refractivity contribution in [3.8, 4) is 17.5 Å². The molecule has 1 atom stereocenters. The van der Waals surface area contributed by atoms with E-state index in [4.69, 9.17) is 10.00 Å². The van der Waals surface area contributed by atoms with E-state index >= 15 is 0 Å². The molecule has 150 valence electrons. The van der Waals surface area contributed by atoms with Crippen molar-refractivity contribution in [3.63, 3.8) is 0 Å². The SMILES string of the molecule is C=CCn1c(-c2ccc(C#N)cc2)nnc1N1CCN(C(=O)[C@H]2CCCO2)CC1. The molecular formula is C21H24N6O2. The van der Waals surface area contributed by atoms with Gasteiger partial charge in [-0.2, -0.15) is 5.26 Å². The molecule has 0 radical (unpaired) electrons. The molecule has 0 spiro atoms. The fraction of sp³-hybridized carbons (Fsp3) is 0.429. The van der Waals surface area contributed by atoms with Crippen molar-refractivity contribution in [1.29, 1.82) is 5.26 Å². The lowest BCUT2D eigenvalue weighted by atomic mass is 10.1. The van der Waals surface area contributed by atoms with E-state index in [1.165, 1.54) is 0 Å². The van der Waals surface area contributed by atoms with Crippen molar-refractivity contribution in [2.75, 3.05) is 37.7 Å². The highest BCUT2D eigenvalue weighted by molar-refractivity contribution is 5.81. The van der Waals surface area contributed by atoms with E-state index in [2.05, 4.69) is 27.7 Å². The van der Waals surface area contributed by atoms with E-state index in [0.717, 1.165) is 30.2 Å². The van der Waals surface area contributed by atoms with Crippen molar-refractivity contribution in [1.82, 2.24) is 19.7 Å². The van der Waals surface area contributed by atoms with Crippen LogP contribution < -0.4 is 4.90 Å². The third-order valence-corrected chi connectivity index (χ3v) is 5.39. The number of allylic oxidation sites excluding steroid dienone is 1. The Morgan fingerprint density at radius 3 is 2.62 bits per heavy atom. The lowest BCUT2D eigenvalue weighted by Gasteiger charge is -2.36. The molecule has 1 aromatic carbocycles. The van der Waals surface area contributed by atoms with Crippen LogP contribution in [0.1, 0.15) is 18.4 Å². The summed E-state index contributed by atoms with van der Waals surface area (Å²) < 4.78 is 7.56. The van der Waals surface area contributed by atoms with Crippen LogP contribution in [0.15, 0.2) is 36.9 Å². The van der Waals surface area contributed by atoms with Crippen LogP contribution in [0.25, 0.3) is 11.4 Å². The molecule has 2 fully saturated rings. The molecule has 0 bridgehead atoms. The van der Waals surface area contributed by atoms with E-state index < -0.39 is 0 Å². The molecule has 2 aliphatic heterocycles. The van der Waals surface area contributed by atoms with Gasteiger partial charge in [0.1, 0.15) is 6.10 Å². The summed E-state index contributed by atoms with van der Waals surface area (Å²) in [5.74, 6) is 1.61. The van der Waals surface area contributed by atoms with Crippen LogP contribution in [0.4, 0.5) is 5.95 Å². The topological polar surface area (TPSA) is 87.3 Å². The first-order chi connectivity index (χ1) is 14.2. The number of nitrogens with zero attached hydrogens (tertiary/aromatic N) is 6. The van der Waals surface area contributed by atoms with Gasteiger partial charge in [-0.15, -0.1) is 16.8 Å². The lowest BCUT2D eigenvalue weighted by Crippen LogP contribution is -2.52. The molecule has 29 heavy (non-hydrogen) atoms. The number of ether oxygens (including phenoxy) is 1. The first-order valence-corrected chi connectivity index (χ1v) is 9.91. The van der Waals surface area contributed by atoms with E-state index in [-0.39, 0.29) is 12.0 Å². The van der Waals surface area contributed by atoms with Crippen molar-refractivity contribution < 1.29 is 9.53 Å². The summed E-state index contributed by atoms with van der Waals surface area (Å²) in [5, 5.41) is 17.8. The molecule has 0 saturated carbocycles. The molecule has 0 aliphatic carbocycles. The predicted octanol–water partition coefficient (Wildman–Crippen LogP) is 1.83. The Morgan fingerprint density at radius 1 is 1.24 bits per heavy atom. The molecule has 3 heterocycles. The minimum atomic E-state index is -0.269. The Balaban J connectivity index is 1.50. The molecule has 0 unspecified atom stereocenters. The number of benzene rings is 1. The molecule has 2 aromatic rings. The molecule has 0 N–H and O–H groups in total. The van der Waals surface area contributed by atoms with Crippen LogP contribution >= 0.6 is 0 Å². The fourth-order valence-corrected chi connectivity index (χ4v) is 3.84. The minimum absolute atomic E-state index is 0.105. The number of hydrogen-bond acceptors (Lipinski definition) is 6. The summed E-state index contributed by atoms with van der Waals surface area (Å²) in [4.78, 5) is 16.6. The molecule has 1 amide bonds. The Morgan fingerprint density at radius 2 is 2.00 bits per heavy atom. The average Bonchev–Trinajstić information content (AvgIpc) is 3.44. The zero-order chi connectivity index (χ0) is 20.2. The number of rotatable bonds is 5. The standard InChI is InChI=1S/C21H24N6O2/c1-2-9-27-19(17-7-5-16(15-22)6-8-17)23-24-21(27)26-12-10-25(11-13-26)20(28)18-4-3-14-29-18/h2,5-8,18H,1,3-4,9-14H2/t18-/m1/s1. The summed E-state index contributed by atoms with van der Waals surface area (Å²) in [7, 11) is 0. The molecule has 1 aromatic heterocycles. The van der Waals surface area contributed by atoms with Gasteiger partial charge < -0.3 is 14.5 Å². The van der Waals surface area contributed by atoms with Gasteiger partial charge in [0.2, 0.25) is 5.95 Å². The summed E-state index contributed by atoms with van der Waals surface area (Å²) in [6, 6.07) is 9.44. The first-order valence-electron chi connectivity index (χ1n) is 9.91. The number of amides is 1. The van der Waals surface area contributed by atoms with E-state index in [1.807, 2.05) is 27.7 Å². The first kappa shape index (κ1) is 19.2. The molecular weight excluding hydrogens is 368 g/mol. The number of carbonyl (C=O) groups excluding carboxylic acids is 1. The van der Waals surface area contributed by atoms with Gasteiger partial charge in [-0.25, -0.2) is 0 Å². The molecule has 8 heteroatoms. The predicted molar refractivity (Wildman–Crippen MR) is 108 cm³/mol. The highest BCUT2D eigenvalue weighted by atomic mass is 16.5. The van der Waals surface area contributed by atoms with E-state index in [1.54, 1.807) is 12.1 Å². The Labute approximate surface area is 170 Å². The molecule has 2 aliphatic rings. The van der Waals surface area contributed by atoms with Gasteiger partial charge in [0.25, 0.3) is 5.91 Å². The third-order valence-electron chi connectivity index (χ3n) is 5.39. The second-order valence-electron chi connectivity index (χ2n) is 7.23. The lowest BCUT2D eigenvalue weighted by molar-refractivity contribution is -0.141. The normalized spacial score (nSPS) is 19.2. The van der Waals surface area contributed by atoms with E-state index in [9.17, 15) is 4.79 Å². The molecule has 2 saturated heterocycles. The van der Waals surface area contributed by atoms with Crippen LogP contribution in [0.5, 0.6) is 0 Å². The van der Waals surface area contributed by atoms with Crippen LogP contribution in [-0.2, 0) is 16.1 Å². The summed E-state index contributed by atoms with van der Waals surface area (Å²) >= 11 is 0. The second-order valence-corrected chi connectivity index (χ2v) is 7.23. The summed E-state index contributed by atoms with van der Waals surface area (Å²) in [6.07, 6.45) is 3.32. The monoisotopic (exact) mass is 392 g/mol. The maximum absolute atomic E-state index is 12.6. The largest absolute Gasteiger partial charge is 0.368 e. The number of carbonyl (C=O) groups is 1. The van der Waals surface area contributed by atoms with Crippen molar-refractivity contribution in [3.05, 3.63) is 42.5 Å². The summed E-state index contributed by atoms with van der Waals surface area (Å²) in [5.41, 5.74) is 1.51. The Hall–Kier alpha value is -3.18. The summed E-state index contributed by atoms with van der Waals surface area (Å²) in [6.45, 7) is 7.79. The van der Waals surface area contributed by atoms with Gasteiger partial charge >= 0.3 is 0 Å². The maximum atomic E-state index is 12.6. The van der Waals surface area contributed by atoms with Gasteiger partial charge in [-0.1, -0.05) is 6.08 Å². The van der Waals surface area contributed by atoms with Crippen molar-refractivity contribution in [2.45, 2.75) is 25.5 Å². The van der Waals surface area contributed by atoms with Gasteiger partial charge in [-0.3, -0.25) is 9.36 Å². The number of nitriles is 1. The highest BCUT2D eigenvalue weighted by Crippen LogP contribution is 2.25. The van der Waals surface area contributed by atoms with Gasteiger partial charge in [-0.05, 0) is 37.1 Å². The van der Waals surface area contributed by atoms with Crippen molar-refractivity contribution >= 4 is 11.9 Å². The van der Waals surface area contributed by atoms with Crippen molar-refractivity contribution in [2.24, 2.45) is 0 Å². The zero-order valence-corrected chi connectivity index (χ0v) is 16.3. The van der Waals surface area contributed by atoms with Crippen LogP contribution in [-0.4, -0.2) is 64.5 Å². The fourth-order valence-electron chi connectivity index (χ4n) is 3.84. The molecule has 8 nitrogen and oxygen atoms in total. The van der Waals surface area contributed by atoms with Crippen LogP contribution in [0, 0.1) is 11.3 Å². The minimum Gasteiger partial charge on any atom is -0.368 e. The Bertz CT molecular complexity index is 916. The molecule has 4 rings (SSSR count). The number of aromatic nitrogens is 3. The number of hydrogen-bond donors (Lipinski definition) is 0. The smallest absolute Gasteiger partial charge is 0.251 e. The van der Waals surface area contributed by atoms with Crippen LogP contribution in [0.2, 0.25) is 0 Å². The maximum Gasteiger partial charge on any atom is 0.251 e. The average molecular weight is 392 g/mol. The number of piperazine rings is 1. The zero-order valence-electron chi connectivity index (χ0n) is 16.3. The number of anilines is 1. The van der Waals surface area contributed by atoms with Crippen LogP contribution in [0.3, 0.4) is 0 Å². The van der Waals surface area contributed by atoms with Gasteiger partial charge in [0.15, 0.2) is 5.82 Å². The quantitative estimate of drug-likeness (QED) is 0.722. The Kier molecular flexibility index (Phi) is 5.58. The highest BCUT2D eigenvalue weighted by Gasteiger charge is 2.31.